The molecule has 0 aliphatic carbocycles. The number of allylic oxidation sites excluding steroid dienone is 1. The van der Waals surface area contributed by atoms with Gasteiger partial charge in [0.15, 0.2) is 5.96 Å². The van der Waals surface area contributed by atoms with E-state index >= 15 is 0 Å². The van der Waals surface area contributed by atoms with Crippen LogP contribution in [-0.4, -0.2) is 31.5 Å². The largest absolute Gasteiger partial charge is 0.352 e. The number of hydrogen-bond acceptors (Lipinski definition) is 2. The average Bonchev–Trinajstić information content (AvgIpc) is 2.48. The third-order valence-electron chi connectivity index (χ3n) is 2.98. The molecule has 0 bridgehead atoms. The molecule has 114 valence electrons. The quantitative estimate of drug-likeness (QED) is 0.263. The van der Waals surface area contributed by atoms with Crippen LogP contribution in [0.2, 0.25) is 0 Å². The first-order chi connectivity index (χ1) is 9.71. The van der Waals surface area contributed by atoms with Crippen molar-refractivity contribution in [2.75, 3.05) is 20.6 Å². The maximum Gasteiger partial charge on any atom is 0.193 e. The van der Waals surface area contributed by atoms with Crippen molar-refractivity contribution >= 4 is 29.9 Å². The molecule has 1 rings (SSSR count). The molecule has 0 amide bonds. The van der Waals surface area contributed by atoms with E-state index in [1.165, 1.54) is 0 Å². The van der Waals surface area contributed by atoms with E-state index in [9.17, 15) is 0 Å². The van der Waals surface area contributed by atoms with Gasteiger partial charge in [-0.2, -0.15) is 5.26 Å². The number of aliphatic imine (C=N–C) groups is 1. The van der Waals surface area contributed by atoms with Gasteiger partial charge in [0.2, 0.25) is 0 Å². The monoisotopic (exact) mass is 398 g/mol. The van der Waals surface area contributed by atoms with E-state index in [1.807, 2.05) is 31.3 Å². The maximum atomic E-state index is 8.88. The number of hydrogen-bond donors (Lipinski definition) is 1. The maximum absolute atomic E-state index is 8.88. The van der Waals surface area contributed by atoms with Gasteiger partial charge >= 0.3 is 0 Å². The van der Waals surface area contributed by atoms with Crippen LogP contribution in [0.1, 0.15) is 24.0 Å². The van der Waals surface area contributed by atoms with Crippen molar-refractivity contribution in [1.29, 1.82) is 5.26 Å². The van der Waals surface area contributed by atoms with E-state index < -0.39 is 0 Å². The predicted octanol–water partition coefficient (Wildman–Crippen LogP) is 3.15. The summed E-state index contributed by atoms with van der Waals surface area (Å²) in [5.41, 5.74) is 1.75. The van der Waals surface area contributed by atoms with Gasteiger partial charge < -0.3 is 10.2 Å². The molecule has 0 saturated heterocycles. The summed E-state index contributed by atoms with van der Waals surface area (Å²) in [7, 11) is 3.79. The minimum absolute atomic E-state index is 0. The second-order valence-corrected chi connectivity index (χ2v) is 4.57. The minimum atomic E-state index is 0. The normalized spacial score (nSPS) is 10.2. The van der Waals surface area contributed by atoms with E-state index in [-0.39, 0.29) is 24.0 Å². The summed E-state index contributed by atoms with van der Waals surface area (Å²) in [4.78, 5) is 6.36. The Bertz CT molecular complexity index is 505. The van der Waals surface area contributed by atoms with Gasteiger partial charge in [-0.25, -0.2) is 0 Å². The molecule has 1 aromatic carbocycles. The van der Waals surface area contributed by atoms with Crippen LogP contribution in [0.3, 0.4) is 0 Å². The van der Waals surface area contributed by atoms with Crippen LogP contribution < -0.4 is 5.32 Å². The molecule has 0 aliphatic heterocycles. The number of halogens is 1. The van der Waals surface area contributed by atoms with E-state index in [1.54, 1.807) is 13.1 Å². The molecular weight excluding hydrogens is 375 g/mol. The SMILES string of the molecule is C=CCCCN(C)C(=NC)NCc1cccc(C#N)c1.I. The van der Waals surface area contributed by atoms with Crippen molar-refractivity contribution in [2.45, 2.75) is 19.4 Å². The topological polar surface area (TPSA) is 51.4 Å². The zero-order chi connectivity index (χ0) is 14.8. The minimum Gasteiger partial charge on any atom is -0.352 e. The average molecular weight is 398 g/mol. The van der Waals surface area contributed by atoms with Gasteiger partial charge in [0.05, 0.1) is 11.6 Å². The zero-order valence-electron chi connectivity index (χ0n) is 12.7. The summed E-state index contributed by atoms with van der Waals surface area (Å²) in [6, 6.07) is 9.73. The smallest absolute Gasteiger partial charge is 0.193 e. The van der Waals surface area contributed by atoms with Crippen molar-refractivity contribution in [2.24, 2.45) is 4.99 Å². The molecule has 0 atom stereocenters. The molecule has 0 unspecified atom stereocenters. The van der Waals surface area contributed by atoms with Crippen molar-refractivity contribution in [3.05, 3.63) is 48.0 Å². The number of unbranched alkanes of at least 4 members (excludes halogenated alkanes) is 1. The highest BCUT2D eigenvalue weighted by Gasteiger charge is 2.05. The molecule has 21 heavy (non-hydrogen) atoms. The zero-order valence-corrected chi connectivity index (χ0v) is 15.0. The first kappa shape index (κ1) is 19.4. The Morgan fingerprint density at radius 2 is 2.29 bits per heavy atom. The number of guanidine groups is 1. The summed E-state index contributed by atoms with van der Waals surface area (Å²) in [5.74, 6) is 0.858. The van der Waals surface area contributed by atoms with Gasteiger partial charge in [0.1, 0.15) is 0 Å². The van der Waals surface area contributed by atoms with Gasteiger partial charge in [-0.1, -0.05) is 18.2 Å². The Balaban J connectivity index is 0.00000400. The molecule has 0 fully saturated rings. The van der Waals surface area contributed by atoms with Crippen LogP contribution in [0, 0.1) is 11.3 Å². The lowest BCUT2D eigenvalue weighted by Crippen LogP contribution is -2.38. The summed E-state index contributed by atoms with van der Waals surface area (Å²) >= 11 is 0. The van der Waals surface area contributed by atoms with E-state index in [0.29, 0.717) is 12.1 Å². The second-order valence-electron chi connectivity index (χ2n) is 4.57. The highest BCUT2D eigenvalue weighted by atomic mass is 127. The van der Waals surface area contributed by atoms with Gasteiger partial charge in [0.25, 0.3) is 0 Å². The summed E-state index contributed by atoms with van der Waals surface area (Å²) in [6.45, 7) is 5.32. The lowest BCUT2D eigenvalue weighted by Gasteiger charge is -2.21. The van der Waals surface area contributed by atoms with Crippen molar-refractivity contribution < 1.29 is 0 Å². The van der Waals surface area contributed by atoms with Crippen molar-refractivity contribution in [3.63, 3.8) is 0 Å². The third-order valence-corrected chi connectivity index (χ3v) is 2.98. The van der Waals surface area contributed by atoms with E-state index in [0.717, 1.165) is 30.9 Å². The standard InChI is InChI=1S/C16H22N4.HI/c1-4-5-6-10-20(3)16(18-2)19-13-15-9-7-8-14(11-15)12-17;/h4,7-9,11H,1,5-6,10,13H2,2-3H3,(H,18,19);1H. The highest BCUT2D eigenvalue weighted by Crippen LogP contribution is 2.04. The van der Waals surface area contributed by atoms with Crippen LogP contribution in [0.25, 0.3) is 0 Å². The van der Waals surface area contributed by atoms with Crippen LogP contribution in [0.15, 0.2) is 41.9 Å². The van der Waals surface area contributed by atoms with Crippen LogP contribution in [-0.2, 0) is 6.54 Å². The molecule has 5 heteroatoms. The first-order valence-corrected chi connectivity index (χ1v) is 6.73. The molecule has 1 aromatic rings. The fourth-order valence-corrected chi connectivity index (χ4v) is 1.90. The van der Waals surface area contributed by atoms with Crippen LogP contribution in [0.5, 0.6) is 0 Å². The Morgan fingerprint density at radius 3 is 2.90 bits per heavy atom. The summed E-state index contributed by atoms with van der Waals surface area (Å²) < 4.78 is 0. The summed E-state index contributed by atoms with van der Waals surface area (Å²) in [6.07, 6.45) is 3.99. The Labute approximate surface area is 144 Å². The van der Waals surface area contributed by atoms with Crippen LogP contribution >= 0.6 is 24.0 Å². The number of rotatable bonds is 6. The third kappa shape index (κ3) is 7.14. The molecule has 0 spiro atoms. The Hall–Kier alpha value is -1.55. The Morgan fingerprint density at radius 1 is 1.52 bits per heavy atom. The van der Waals surface area contributed by atoms with Gasteiger partial charge in [-0.3, -0.25) is 4.99 Å². The molecule has 0 radical (unpaired) electrons. The van der Waals surface area contributed by atoms with E-state index in [4.69, 9.17) is 5.26 Å². The van der Waals surface area contributed by atoms with Crippen molar-refractivity contribution in [3.8, 4) is 6.07 Å². The van der Waals surface area contributed by atoms with E-state index in [2.05, 4.69) is 27.9 Å². The number of nitrogens with zero attached hydrogens (tertiary/aromatic N) is 3. The molecule has 0 aliphatic rings. The molecule has 1 N–H and O–H groups in total. The fourth-order valence-electron chi connectivity index (χ4n) is 1.90. The van der Waals surface area contributed by atoms with Crippen molar-refractivity contribution in [1.82, 2.24) is 10.2 Å². The van der Waals surface area contributed by atoms with Gasteiger partial charge in [-0.15, -0.1) is 30.6 Å². The molecule has 0 heterocycles. The lowest BCUT2D eigenvalue weighted by atomic mass is 10.1. The van der Waals surface area contributed by atoms with Gasteiger partial charge in [0, 0.05) is 27.2 Å². The first-order valence-electron chi connectivity index (χ1n) is 6.73. The number of nitriles is 1. The predicted molar refractivity (Wildman–Crippen MR) is 98.8 cm³/mol. The highest BCUT2D eigenvalue weighted by molar-refractivity contribution is 14.0. The molecule has 0 aromatic heterocycles. The fraction of sp³-hybridized carbons (Fsp3) is 0.375. The lowest BCUT2D eigenvalue weighted by molar-refractivity contribution is 0.470. The number of nitrogens with one attached hydrogen (secondary N) is 1. The second kappa shape index (κ2) is 11.1. The molecule has 4 nitrogen and oxygen atoms in total. The van der Waals surface area contributed by atoms with Crippen LogP contribution in [0.4, 0.5) is 0 Å². The Kier molecular flexibility index (Phi) is 10.3. The van der Waals surface area contributed by atoms with Gasteiger partial charge in [-0.05, 0) is 30.5 Å². The molecular formula is C16H23IN4. The summed E-state index contributed by atoms with van der Waals surface area (Å²) in [5, 5.41) is 12.2. The molecule has 0 saturated carbocycles. The number of benzene rings is 1.